The second-order valence-electron chi connectivity index (χ2n) is 11.5. The summed E-state index contributed by atoms with van der Waals surface area (Å²) in [6, 6.07) is 8.87. The van der Waals surface area contributed by atoms with E-state index in [1.54, 1.807) is 0 Å². The smallest absolute Gasteiger partial charge is 0.404 e. The maximum absolute atomic E-state index is 13.7. The van der Waals surface area contributed by atoms with Crippen LogP contribution in [0.4, 0.5) is 0 Å². The third-order valence-electron chi connectivity index (χ3n) is 8.58. The molecule has 2 amide bonds. The van der Waals surface area contributed by atoms with Crippen LogP contribution >= 0.6 is 0 Å². The van der Waals surface area contributed by atoms with Crippen LogP contribution in [0.15, 0.2) is 48.9 Å². The van der Waals surface area contributed by atoms with Gasteiger partial charge < -0.3 is 19.9 Å². The molecule has 8 nitrogen and oxygen atoms in total. The van der Waals surface area contributed by atoms with Crippen LogP contribution in [0, 0.1) is 23.7 Å². The van der Waals surface area contributed by atoms with Gasteiger partial charge in [0, 0.05) is 18.8 Å². The van der Waals surface area contributed by atoms with Crippen molar-refractivity contribution >= 4 is 18.9 Å². The molecule has 0 unspecified atom stereocenters. The number of amides is 2. The van der Waals surface area contributed by atoms with Gasteiger partial charge in [-0.15, -0.1) is 0 Å². The first-order valence-corrected chi connectivity index (χ1v) is 13.5. The second-order valence-corrected chi connectivity index (χ2v) is 11.5. The molecule has 2 bridgehead atoms. The van der Waals surface area contributed by atoms with Crippen LogP contribution in [0.2, 0.25) is 0 Å². The van der Waals surface area contributed by atoms with Gasteiger partial charge in [-0.2, -0.15) is 0 Å². The third-order valence-corrected chi connectivity index (χ3v) is 8.58. The zero-order chi connectivity index (χ0) is 26.2. The first-order chi connectivity index (χ1) is 17.7. The van der Waals surface area contributed by atoms with Crippen LogP contribution in [-0.2, 0) is 20.5 Å². The molecule has 37 heavy (non-hydrogen) atoms. The van der Waals surface area contributed by atoms with Gasteiger partial charge in [-0.1, -0.05) is 51.1 Å². The van der Waals surface area contributed by atoms with E-state index in [0.717, 1.165) is 12.0 Å². The van der Waals surface area contributed by atoms with Crippen molar-refractivity contribution < 1.29 is 18.9 Å². The van der Waals surface area contributed by atoms with E-state index in [4.69, 9.17) is 9.31 Å². The minimum Gasteiger partial charge on any atom is -0.404 e. The van der Waals surface area contributed by atoms with E-state index in [1.165, 1.54) is 25.0 Å². The lowest BCUT2D eigenvalue weighted by Crippen LogP contribution is -2.61. The average Bonchev–Trinajstić information content (AvgIpc) is 3.25. The lowest BCUT2D eigenvalue weighted by atomic mass is 9.51. The Labute approximate surface area is 219 Å². The van der Waals surface area contributed by atoms with Gasteiger partial charge in [0.15, 0.2) is 0 Å². The quantitative estimate of drug-likeness (QED) is 0.509. The van der Waals surface area contributed by atoms with Gasteiger partial charge >= 0.3 is 7.12 Å². The molecule has 1 saturated heterocycles. The highest BCUT2D eigenvalue weighted by Crippen LogP contribution is 2.59. The molecule has 9 heteroatoms. The van der Waals surface area contributed by atoms with Gasteiger partial charge in [0.05, 0.1) is 23.8 Å². The van der Waals surface area contributed by atoms with E-state index in [-0.39, 0.29) is 29.2 Å². The average molecular weight is 504 g/mol. The molecule has 4 fully saturated rings. The lowest BCUT2D eigenvalue weighted by molar-refractivity contribution is -0.152. The highest BCUT2D eigenvalue weighted by Gasteiger charge is 2.64. The molecule has 1 aliphatic heterocycles. The number of carbonyl (C=O) groups excluding carboxylic acids is 2. The lowest BCUT2D eigenvalue weighted by Gasteiger charge is -2.58. The van der Waals surface area contributed by atoms with Crippen LogP contribution in [0.5, 0.6) is 0 Å². The highest BCUT2D eigenvalue weighted by atomic mass is 16.7. The molecule has 0 spiro atoms. The molecule has 1 aromatic heterocycles. The summed E-state index contributed by atoms with van der Waals surface area (Å²) in [5, 5.41) is 6.07. The monoisotopic (exact) mass is 504 g/mol. The normalized spacial score (nSPS) is 29.7. The van der Waals surface area contributed by atoms with Crippen LogP contribution in [0.3, 0.4) is 0 Å². The van der Waals surface area contributed by atoms with Gasteiger partial charge in [-0.05, 0) is 55.4 Å². The summed E-state index contributed by atoms with van der Waals surface area (Å²) in [6.45, 7) is 8.75. The van der Waals surface area contributed by atoms with Gasteiger partial charge in [0.1, 0.15) is 11.7 Å². The SMILES string of the molecule is CC(C)C[C@H](NC(=O)[C@H](Cc1ccccc1)NC(=O)c1cnccn1)B1O[C@@H]2C[C@@H]3C[C@@H]([C@@H]3C)[C@]2(C)O1. The zero-order valence-corrected chi connectivity index (χ0v) is 22.1. The molecule has 2 heterocycles. The number of carbonyl (C=O) groups is 2. The maximum atomic E-state index is 13.7. The molecule has 3 saturated carbocycles. The summed E-state index contributed by atoms with van der Waals surface area (Å²) in [5.74, 6) is 1.13. The summed E-state index contributed by atoms with van der Waals surface area (Å²) in [5.41, 5.74) is 0.797. The Hall–Kier alpha value is -2.78. The minimum absolute atomic E-state index is 0.0560. The fourth-order valence-corrected chi connectivity index (χ4v) is 6.41. The van der Waals surface area contributed by atoms with E-state index in [9.17, 15) is 9.59 Å². The van der Waals surface area contributed by atoms with Crippen molar-refractivity contribution in [3.8, 4) is 0 Å². The summed E-state index contributed by atoms with van der Waals surface area (Å²) < 4.78 is 13.1. The molecule has 4 aliphatic rings. The molecule has 2 aromatic rings. The molecular formula is C28H37BN4O4. The maximum Gasteiger partial charge on any atom is 0.481 e. The summed E-state index contributed by atoms with van der Waals surface area (Å²) >= 11 is 0. The summed E-state index contributed by atoms with van der Waals surface area (Å²) in [7, 11) is -0.513. The molecule has 1 aromatic carbocycles. The van der Waals surface area contributed by atoms with Crippen molar-refractivity contribution in [2.75, 3.05) is 0 Å². The Morgan fingerprint density at radius 3 is 2.62 bits per heavy atom. The van der Waals surface area contributed by atoms with Crippen LogP contribution in [0.1, 0.15) is 63.0 Å². The number of hydrogen-bond donors (Lipinski definition) is 2. The molecule has 196 valence electrons. The van der Waals surface area contributed by atoms with Crippen LogP contribution in [0.25, 0.3) is 0 Å². The highest BCUT2D eigenvalue weighted by molar-refractivity contribution is 6.48. The zero-order valence-electron chi connectivity index (χ0n) is 22.1. The van der Waals surface area contributed by atoms with Gasteiger partial charge in [-0.25, -0.2) is 4.98 Å². The Bertz CT molecular complexity index is 1100. The van der Waals surface area contributed by atoms with Crippen molar-refractivity contribution in [3.05, 3.63) is 60.2 Å². The number of nitrogens with one attached hydrogen (secondary N) is 2. The Morgan fingerprint density at radius 2 is 1.95 bits per heavy atom. The second kappa shape index (κ2) is 10.5. The van der Waals surface area contributed by atoms with Crippen LogP contribution in [-0.4, -0.2) is 52.6 Å². The Morgan fingerprint density at radius 1 is 1.16 bits per heavy atom. The van der Waals surface area contributed by atoms with Crippen LogP contribution < -0.4 is 10.6 Å². The van der Waals surface area contributed by atoms with Gasteiger partial charge in [-0.3, -0.25) is 14.6 Å². The fraction of sp³-hybridized carbons (Fsp3) is 0.571. The molecular weight excluding hydrogens is 467 g/mol. The van der Waals surface area contributed by atoms with E-state index in [1.807, 2.05) is 30.3 Å². The first kappa shape index (κ1) is 25.9. The predicted octanol–water partition coefficient (Wildman–Crippen LogP) is 3.23. The van der Waals surface area contributed by atoms with E-state index in [2.05, 4.69) is 48.3 Å². The number of nitrogens with zero attached hydrogens (tertiary/aromatic N) is 2. The van der Waals surface area contributed by atoms with Crippen molar-refractivity contribution in [2.24, 2.45) is 23.7 Å². The third kappa shape index (κ3) is 5.29. The molecule has 3 aliphatic carbocycles. The van der Waals surface area contributed by atoms with Gasteiger partial charge in [0.2, 0.25) is 5.91 Å². The minimum atomic E-state index is -0.793. The number of aromatic nitrogens is 2. The number of benzene rings is 1. The molecule has 2 N–H and O–H groups in total. The first-order valence-electron chi connectivity index (χ1n) is 13.5. The fourth-order valence-electron chi connectivity index (χ4n) is 6.41. The largest absolute Gasteiger partial charge is 0.481 e. The Balaban J connectivity index is 1.33. The molecule has 7 atom stereocenters. The molecule has 6 rings (SSSR count). The van der Waals surface area contributed by atoms with Crippen molar-refractivity contribution in [1.82, 2.24) is 20.6 Å². The standard InChI is InChI=1S/C28H37BN4O4/c1-17(2)12-25(29-36-24-15-20-14-21(18(20)3)28(24,4)37-29)33-26(34)22(13-19-8-6-5-7-9-19)32-27(35)23-16-30-10-11-31-23/h5-11,16-18,20-22,24-25H,12-15H2,1-4H3,(H,32,35)(H,33,34)/t18-,20+,21+,22+,24-,25+,28+/m1/s1. The Kier molecular flexibility index (Phi) is 7.36. The van der Waals surface area contributed by atoms with Gasteiger partial charge in [0.25, 0.3) is 5.91 Å². The molecule has 0 radical (unpaired) electrons. The van der Waals surface area contributed by atoms with Crippen molar-refractivity contribution in [1.29, 1.82) is 0 Å². The van der Waals surface area contributed by atoms with Crippen molar-refractivity contribution in [2.45, 2.75) is 77.1 Å². The summed E-state index contributed by atoms with van der Waals surface area (Å²) in [6.07, 6.45) is 7.67. The summed E-state index contributed by atoms with van der Waals surface area (Å²) in [4.78, 5) is 34.7. The van der Waals surface area contributed by atoms with E-state index < -0.39 is 19.1 Å². The van der Waals surface area contributed by atoms with Crippen molar-refractivity contribution in [3.63, 3.8) is 0 Å². The number of hydrogen-bond acceptors (Lipinski definition) is 6. The van der Waals surface area contributed by atoms with E-state index in [0.29, 0.717) is 36.5 Å². The predicted molar refractivity (Wildman–Crippen MR) is 140 cm³/mol. The van der Waals surface area contributed by atoms with E-state index >= 15 is 0 Å². The topological polar surface area (TPSA) is 102 Å². The number of rotatable bonds is 9.